The highest BCUT2D eigenvalue weighted by Gasteiger charge is 2.50. The minimum atomic E-state index is -3.21. The number of hydrogen-bond acceptors (Lipinski definition) is 8. The average molecular weight is 490 g/mol. The van der Waals surface area contributed by atoms with Gasteiger partial charge in [0.15, 0.2) is 9.84 Å². The van der Waals surface area contributed by atoms with E-state index in [0.29, 0.717) is 24.1 Å². The molecule has 2 saturated heterocycles. The molecule has 3 heterocycles. The zero-order valence-electron chi connectivity index (χ0n) is 19.2. The van der Waals surface area contributed by atoms with Gasteiger partial charge in [-0.05, 0) is 54.8 Å². The molecule has 13 heteroatoms. The number of nitrogens with zero attached hydrogens (tertiary/aromatic N) is 6. The van der Waals surface area contributed by atoms with E-state index >= 15 is 0 Å². The molecule has 0 bridgehead atoms. The van der Waals surface area contributed by atoms with Gasteiger partial charge in [-0.25, -0.2) is 17.9 Å². The number of carbonyl (C=O) groups is 3. The number of imide groups is 1. The Morgan fingerprint density at radius 2 is 2.12 bits per heavy atom. The molecule has 1 aromatic carbocycles. The second kappa shape index (κ2) is 8.78. The van der Waals surface area contributed by atoms with E-state index in [-0.39, 0.29) is 17.5 Å². The van der Waals surface area contributed by atoms with E-state index in [0.717, 1.165) is 4.90 Å². The number of nitrogens with one attached hydrogen (secondary N) is 1. The highest BCUT2D eigenvalue weighted by Crippen LogP contribution is 2.30. The van der Waals surface area contributed by atoms with Crippen LogP contribution < -0.4 is 5.32 Å². The molecule has 34 heavy (non-hydrogen) atoms. The first-order valence-corrected chi connectivity index (χ1v) is 12.9. The van der Waals surface area contributed by atoms with Crippen LogP contribution in [-0.2, 0) is 25.0 Å². The fraction of sp³-hybridized carbons (Fsp3) is 0.524. The molecule has 0 unspecified atom stereocenters. The third-order valence-corrected chi connectivity index (χ3v) is 8.31. The SMILES string of the molecule is CC[C@H](C)N(C(=O)CN1C(=O)N[C@](C)(c2cccc(-n3cnnn3)c2)C1=O)[C@@H]1CCS(=O)(=O)C1. The van der Waals surface area contributed by atoms with Gasteiger partial charge in [-0.15, -0.1) is 5.10 Å². The molecule has 0 radical (unpaired) electrons. The Bertz CT molecular complexity index is 1220. The van der Waals surface area contributed by atoms with Crippen molar-refractivity contribution >= 4 is 27.7 Å². The van der Waals surface area contributed by atoms with E-state index < -0.39 is 45.8 Å². The summed E-state index contributed by atoms with van der Waals surface area (Å²) in [7, 11) is -3.21. The maximum absolute atomic E-state index is 13.4. The van der Waals surface area contributed by atoms with Gasteiger partial charge in [0.1, 0.15) is 18.4 Å². The molecule has 1 aromatic heterocycles. The van der Waals surface area contributed by atoms with Crippen molar-refractivity contribution in [3.63, 3.8) is 0 Å². The number of rotatable bonds is 7. The number of amides is 4. The molecule has 2 aliphatic rings. The Balaban J connectivity index is 1.56. The maximum atomic E-state index is 13.4. The van der Waals surface area contributed by atoms with Crippen LogP contribution in [0.25, 0.3) is 5.69 Å². The molecule has 3 atom stereocenters. The maximum Gasteiger partial charge on any atom is 0.325 e. The van der Waals surface area contributed by atoms with Crippen LogP contribution in [0.3, 0.4) is 0 Å². The van der Waals surface area contributed by atoms with Crippen molar-refractivity contribution in [2.24, 2.45) is 0 Å². The van der Waals surface area contributed by atoms with Gasteiger partial charge in [0, 0.05) is 12.1 Å². The zero-order valence-corrected chi connectivity index (χ0v) is 20.0. The zero-order chi connectivity index (χ0) is 24.7. The molecule has 4 rings (SSSR count). The van der Waals surface area contributed by atoms with Crippen LogP contribution in [0.15, 0.2) is 30.6 Å². The third kappa shape index (κ3) is 4.27. The van der Waals surface area contributed by atoms with E-state index in [1.165, 1.54) is 15.9 Å². The molecule has 2 aliphatic heterocycles. The topological polar surface area (TPSA) is 147 Å². The van der Waals surface area contributed by atoms with Crippen molar-refractivity contribution < 1.29 is 22.8 Å². The summed E-state index contributed by atoms with van der Waals surface area (Å²) < 4.78 is 25.4. The van der Waals surface area contributed by atoms with E-state index in [1.54, 1.807) is 31.2 Å². The molecular formula is C21H27N7O5S. The van der Waals surface area contributed by atoms with Crippen molar-refractivity contribution in [3.8, 4) is 5.69 Å². The van der Waals surface area contributed by atoms with Crippen LogP contribution >= 0.6 is 0 Å². The number of urea groups is 1. The van der Waals surface area contributed by atoms with E-state index in [2.05, 4.69) is 20.8 Å². The molecule has 12 nitrogen and oxygen atoms in total. The van der Waals surface area contributed by atoms with Crippen LogP contribution in [0.5, 0.6) is 0 Å². The van der Waals surface area contributed by atoms with Gasteiger partial charge in [-0.2, -0.15) is 0 Å². The molecule has 0 aliphatic carbocycles. The Labute approximate surface area is 197 Å². The monoisotopic (exact) mass is 489 g/mol. The number of tetrazole rings is 1. The van der Waals surface area contributed by atoms with Gasteiger partial charge in [0.05, 0.1) is 17.2 Å². The summed E-state index contributed by atoms with van der Waals surface area (Å²) in [5, 5.41) is 13.7. The molecule has 1 N–H and O–H groups in total. The van der Waals surface area contributed by atoms with Gasteiger partial charge in [0.2, 0.25) is 5.91 Å². The van der Waals surface area contributed by atoms with Crippen molar-refractivity contribution in [1.29, 1.82) is 0 Å². The van der Waals surface area contributed by atoms with Crippen LogP contribution in [0.2, 0.25) is 0 Å². The number of hydrogen-bond donors (Lipinski definition) is 1. The molecule has 182 valence electrons. The minimum absolute atomic E-state index is 0.0245. The largest absolute Gasteiger partial charge is 0.334 e. The summed E-state index contributed by atoms with van der Waals surface area (Å²) in [4.78, 5) is 41.9. The van der Waals surface area contributed by atoms with E-state index in [9.17, 15) is 22.8 Å². The van der Waals surface area contributed by atoms with Crippen molar-refractivity contribution in [2.45, 2.75) is 51.2 Å². The number of carbonyl (C=O) groups excluding carboxylic acids is 3. The highest BCUT2D eigenvalue weighted by molar-refractivity contribution is 7.91. The molecule has 0 saturated carbocycles. The smallest absolute Gasteiger partial charge is 0.325 e. The number of aromatic nitrogens is 4. The first kappa shape index (κ1) is 23.8. The molecule has 0 spiro atoms. The predicted molar refractivity (Wildman–Crippen MR) is 120 cm³/mol. The highest BCUT2D eigenvalue weighted by atomic mass is 32.2. The second-order valence-electron chi connectivity index (χ2n) is 8.87. The van der Waals surface area contributed by atoms with Gasteiger partial charge < -0.3 is 10.2 Å². The number of benzene rings is 1. The summed E-state index contributed by atoms with van der Waals surface area (Å²) >= 11 is 0. The Hall–Kier alpha value is -3.35. The van der Waals surface area contributed by atoms with Gasteiger partial charge in [-0.1, -0.05) is 19.1 Å². The quantitative estimate of drug-likeness (QED) is 0.544. The fourth-order valence-corrected chi connectivity index (χ4v) is 6.20. The third-order valence-electron chi connectivity index (χ3n) is 6.56. The summed E-state index contributed by atoms with van der Waals surface area (Å²) in [6.07, 6.45) is 2.37. The van der Waals surface area contributed by atoms with Gasteiger partial charge in [-0.3, -0.25) is 14.5 Å². The summed E-state index contributed by atoms with van der Waals surface area (Å²) in [5.74, 6) is -1.10. The average Bonchev–Trinajstić information content (AvgIpc) is 3.51. The Kier molecular flexibility index (Phi) is 6.14. The Morgan fingerprint density at radius 1 is 1.35 bits per heavy atom. The summed E-state index contributed by atoms with van der Waals surface area (Å²) in [6.45, 7) is 4.85. The van der Waals surface area contributed by atoms with E-state index in [1.807, 2.05) is 13.8 Å². The van der Waals surface area contributed by atoms with Crippen LogP contribution in [0, 0.1) is 0 Å². The summed E-state index contributed by atoms with van der Waals surface area (Å²) in [6, 6.07) is 5.48. The molecule has 4 amide bonds. The van der Waals surface area contributed by atoms with Crippen LogP contribution in [0.4, 0.5) is 4.79 Å². The van der Waals surface area contributed by atoms with Crippen LogP contribution in [0.1, 0.15) is 39.2 Å². The predicted octanol–water partition coefficient (Wildman–Crippen LogP) is 0.244. The lowest BCUT2D eigenvalue weighted by atomic mass is 9.91. The minimum Gasteiger partial charge on any atom is -0.334 e. The first-order valence-electron chi connectivity index (χ1n) is 11.1. The number of sulfone groups is 1. The lowest BCUT2D eigenvalue weighted by Gasteiger charge is -2.34. The molecule has 2 fully saturated rings. The lowest BCUT2D eigenvalue weighted by Crippen LogP contribution is -2.51. The van der Waals surface area contributed by atoms with E-state index in [4.69, 9.17) is 0 Å². The van der Waals surface area contributed by atoms with Crippen molar-refractivity contribution in [1.82, 2.24) is 35.3 Å². The second-order valence-corrected chi connectivity index (χ2v) is 11.1. The van der Waals surface area contributed by atoms with Gasteiger partial charge >= 0.3 is 6.03 Å². The standard InChI is InChI=1S/C21H27N7O5S/c1-4-14(2)28(17-8-9-34(32,33)12-17)18(29)11-26-19(30)21(3,23-20(26)31)15-6-5-7-16(10-15)27-13-22-24-25-27/h5-7,10,13-14,17H,4,8-9,11-12H2,1-3H3,(H,23,31)/t14-,17+,21+/m0/s1. The molecular weight excluding hydrogens is 462 g/mol. The van der Waals surface area contributed by atoms with Gasteiger partial charge in [0.25, 0.3) is 5.91 Å². The summed E-state index contributed by atoms with van der Waals surface area (Å²) in [5.41, 5.74) is -0.278. The fourth-order valence-electron chi connectivity index (χ4n) is 4.49. The molecule has 2 aromatic rings. The lowest BCUT2D eigenvalue weighted by molar-refractivity contribution is -0.141. The Morgan fingerprint density at radius 3 is 2.74 bits per heavy atom. The normalized spacial score (nSPS) is 24.8. The van der Waals surface area contributed by atoms with Crippen LogP contribution in [-0.4, -0.2) is 86.4 Å². The van der Waals surface area contributed by atoms with Crippen molar-refractivity contribution in [3.05, 3.63) is 36.2 Å². The van der Waals surface area contributed by atoms with Crippen molar-refractivity contribution in [2.75, 3.05) is 18.1 Å². The first-order chi connectivity index (χ1) is 16.1.